The predicted octanol–water partition coefficient (Wildman–Crippen LogP) is 1.16. The monoisotopic (exact) mass is 197 g/mol. The molecule has 0 aromatic rings. The second-order valence-corrected chi connectivity index (χ2v) is 2.63. The van der Waals surface area contributed by atoms with Gasteiger partial charge in [0.25, 0.3) is 0 Å². The molecule has 0 amide bonds. The average molecular weight is 197 g/mol. The highest BCUT2D eigenvalue weighted by Crippen LogP contribution is 1.97. The van der Waals surface area contributed by atoms with E-state index in [9.17, 15) is 9.59 Å². The van der Waals surface area contributed by atoms with Crippen LogP contribution >= 0.6 is 0 Å². The first-order valence-corrected chi connectivity index (χ1v) is 3.68. The highest BCUT2D eigenvalue weighted by molar-refractivity contribution is 5.99. The zero-order chi connectivity index (χ0) is 11.3. The Kier molecular flexibility index (Phi) is 4.28. The maximum absolute atomic E-state index is 10.8. The van der Waals surface area contributed by atoms with Crippen LogP contribution in [0.25, 0.3) is 0 Å². The molecule has 0 aliphatic heterocycles. The average Bonchev–Trinajstić information content (AvgIpc) is 2.03. The SMILES string of the molecule is C=C(C)C(=O)OC(=N)OC(=O)C(=C)C. The zero-order valence-electron chi connectivity index (χ0n) is 8.05. The minimum atomic E-state index is -0.883. The Labute approximate surface area is 81.5 Å². The van der Waals surface area contributed by atoms with Crippen LogP contribution < -0.4 is 0 Å². The molecule has 0 heterocycles. The molecule has 14 heavy (non-hydrogen) atoms. The fraction of sp³-hybridized carbons (Fsp3) is 0.222. The van der Waals surface area contributed by atoms with E-state index in [2.05, 4.69) is 22.6 Å². The van der Waals surface area contributed by atoms with Gasteiger partial charge in [-0.05, 0) is 13.8 Å². The molecule has 0 aliphatic rings. The van der Waals surface area contributed by atoms with E-state index in [1.54, 1.807) is 0 Å². The van der Waals surface area contributed by atoms with Crippen molar-refractivity contribution in [3.05, 3.63) is 24.3 Å². The third kappa shape index (κ3) is 4.20. The lowest BCUT2D eigenvalue weighted by Crippen LogP contribution is -2.18. The number of rotatable bonds is 2. The Morgan fingerprint density at radius 3 is 1.50 bits per heavy atom. The van der Waals surface area contributed by atoms with Crippen LogP contribution in [0.15, 0.2) is 24.3 Å². The minimum absolute atomic E-state index is 0.112. The van der Waals surface area contributed by atoms with Gasteiger partial charge in [-0.3, -0.25) is 0 Å². The lowest BCUT2D eigenvalue weighted by molar-refractivity contribution is -0.137. The van der Waals surface area contributed by atoms with Crippen molar-refractivity contribution in [2.24, 2.45) is 0 Å². The van der Waals surface area contributed by atoms with Crippen LogP contribution in [0.5, 0.6) is 0 Å². The minimum Gasteiger partial charge on any atom is -0.374 e. The van der Waals surface area contributed by atoms with Gasteiger partial charge in [0.2, 0.25) is 0 Å². The summed E-state index contributed by atoms with van der Waals surface area (Å²) in [7, 11) is 0. The fourth-order valence-corrected chi connectivity index (χ4v) is 0.363. The van der Waals surface area contributed by atoms with E-state index in [1.165, 1.54) is 13.8 Å². The number of ether oxygens (including phenoxy) is 2. The molecular formula is C9H11NO4. The Hall–Kier alpha value is -1.91. The molecule has 0 radical (unpaired) electrons. The lowest BCUT2D eigenvalue weighted by atomic mass is 10.4. The van der Waals surface area contributed by atoms with Gasteiger partial charge in [-0.1, -0.05) is 13.2 Å². The van der Waals surface area contributed by atoms with Gasteiger partial charge in [-0.25, -0.2) is 15.0 Å². The number of carbonyl (C=O) groups excluding carboxylic acids is 2. The van der Waals surface area contributed by atoms with Gasteiger partial charge in [0.15, 0.2) is 0 Å². The Balaban J connectivity index is 4.12. The summed E-state index contributed by atoms with van der Waals surface area (Å²) in [5.74, 6) is -1.63. The standard InChI is InChI=1S/C9H11NO4/c1-5(2)7(11)13-9(10)14-8(12)6(3)4/h10H,1,3H2,2,4H3. The molecule has 0 unspecified atom stereocenters. The highest BCUT2D eigenvalue weighted by atomic mass is 16.7. The maximum Gasteiger partial charge on any atom is 0.396 e. The van der Waals surface area contributed by atoms with E-state index in [4.69, 9.17) is 5.41 Å². The van der Waals surface area contributed by atoms with Crippen molar-refractivity contribution in [1.82, 2.24) is 0 Å². The third-order valence-corrected chi connectivity index (χ3v) is 1.07. The number of hydrogen-bond acceptors (Lipinski definition) is 5. The molecular weight excluding hydrogens is 186 g/mol. The number of hydrogen-bond donors (Lipinski definition) is 1. The largest absolute Gasteiger partial charge is 0.396 e. The van der Waals surface area contributed by atoms with Crippen LogP contribution in [0, 0.1) is 5.41 Å². The lowest BCUT2D eigenvalue weighted by Gasteiger charge is -2.04. The normalized spacial score (nSPS) is 8.71. The van der Waals surface area contributed by atoms with E-state index in [0.29, 0.717) is 0 Å². The molecule has 0 atom stereocenters. The van der Waals surface area contributed by atoms with Crippen LogP contribution in [-0.4, -0.2) is 18.0 Å². The molecule has 0 aromatic heterocycles. The van der Waals surface area contributed by atoms with Gasteiger partial charge in [0, 0.05) is 11.1 Å². The topological polar surface area (TPSA) is 76.5 Å². The molecule has 0 rings (SSSR count). The predicted molar refractivity (Wildman–Crippen MR) is 49.5 cm³/mol. The van der Waals surface area contributed by atoms with E-state index in [1.807, 2.05) is 0 Å². The maximum atomic E-state index is 10.8. The van der Waals surface area contributed by atoms with Gasteiger partial charge in [0.1, 0.15) is 0 Å². The van der Waals surface area contributed by atoms with Crippen LogP contribution in [0.3, 0.4) is 0 Å². The van der Waals surface area contributed by atoms with Crippen molar-refractivity contribution in [2.75, 3.05) is 0 Å². The molecule has 0 saturated heterocycles. The molecule has 5 heteroatoms. The zero-order valence-corrected chi connectivity index (χ0v) is 8.05. The first-order chi connectivity index (χ1) is 6.34. The summed E-state index contributed by atoms with van der Waals surface area (Å²) in [5, 5.41) is 6.97. The Morgan fingerprint density at radius 2 is 1.29 bits per heavy atom. The molecule has 0 aliphatic carbocycles. The molecule has 76 valence electrons. The van der Waals surface area contributed by atoms with Crippen molar-refractivity contribution in [3.8, 4) is 0 Å². The molecule has 0 aromatic carbocycles. The van der Waals surface area contributed by atoms with Crippen LogP contribution in [-0.2, 0) is 19.1 Å². The van der Waals surface area contributed by atoms with Crippen LogP contribution in [0.1, 0.15) is 13.8 Å². The van der Waals surface area contributed by atoms with Gasteiger partial charge in [-0.2, -0.15) is 0 Å². The summed E-state index contributed by atoms with van der Waals surface area (Å²) in [6, 6.07) is 0. The molecule has 5 nitrogen and oxygen atoms in total. The van der Waals surface area contributed by atoms with Crippen LogP contribution in [0.4, 0.5) is 0 Å². The van der Waals surface area contributed by atoms with E-state index >= 15 is 0 Å². The second-order valence-electron chi connectivity index (χ2n) is 2.63. The summed E-state index contributed by atoms with van der Waals surface area (Å²) >= 11 is 0. The van der Waals surface area contributed by atoms with E-state index in [-0.39, 0.29) is 11.1 Å². The number of carbonyl (C=O) groups is 2. The molecule has 0 saturated carbocycles. The van der Waals surface area contributed by atoms with Crippen molar-refractivity contribution in [2.45, 2.75) is 13.8 Å². The summed E-state index contributed by atoms with van der Waals surface area (Å²) in [6.45, 7) is 9.41. The highest BCUT2D eigenvalue weighted by Gasteiger charge is 2.13. The quantitative estimate of drug-likeness (QED) is 0.312. The Morgan fingerprint density at radius 1 is 1.00 bits per heavy atom. The molecule has 0 spiro atoms. The van der Waals surface area contributed by atoms with Gasteiger partial charge in [-0.15, -0.1) is 0 Å². The van der Waals surface area contributed by atoms with Crippen molar-refractivity contribution >= 4 is 18.0 Å². The first-order valence-electron chi connectivity index (χ1n) is 3.68. The van der Waals surface area contributed by atoms with Crippen molar-refractivity contribution < 1.29 is 19.1 Å². The smallest absolute Gasteiger partial charge is 0.374 e. The van der Waals surface area contributed by atoms with Gasteiger partial charge < -0.3 is 9.47 Å². The second kappa shape index (κ2) is 4.96. The van der Waals surface area contributed by atoms with Crippen molar-refractivity contribution in [3.63, 3.8) is 0 Å². The molecule has 0 bridgehead atoms. The number of esters is 2. The molecule has 0 fully saturated rings. The van der Waals surface area contributed by atoms with E-state index in [0.717, 1.165) is 0 Å². The summed E-state index contributed by atoms with van der Waals surface area (Å²) in [4.78, 5) is 21.7. The van der Waals surface area contributed by atoms with Gasteiger partial charge >= 0.3 is 18.0 Å². The molecule has 1 N–H and O–H groups in total. The van der Waals surface area contributed by atoms with Gasteiger partial charge in [0.05, 0.1) is 0 Å². The fourth-order valence-electron chi connectivity index (χ4n) is 0.363. The number of nitrogens with one attached hydrogen (secondary N) is 1. The van der Waals surface area contributed by atoms with E-state index < -0.39 is 18.0 Å². The van der Waals surface area contributed by atoms with Crippen LogP contribution in [0.2, 0.25) is 0 Å². The summed E-state index contributed by atoms with van der Waals surface area (Å²) in [6.07, 6.45) is -0.883. The first kappa shape index (κ1) is 12.1. The Bertz CT molecular complexity index is 287. The van der Waals surface area contributed by atoms with Crippen molar-refractivity contribution in [1.29, 1.82) is 5.41 Å². The third-order valence-electron chi connectivity index (χ3n) is 1.07. The summed E-state index contributed by atoms with van der Waals surface area (Å²) < 4.78 is 8.59. The summed E-state index contributed by atoms with van der Waals surface area (Å²) in [5.41, 5.74) is 0.224.